The van der Waals surface area contributed by atoms with Crippen molar-refractivity contribution in [3.8, 4) is 0 Å². The van der Waals surface area contributed by atoms with Crippen molar-refractivity contribution in [2.45, 2.75) is 46.0 Å². The SMILES string of the molecule is CC(C)c1cc(C(C)(C)C)c2cc[nH]c2n1. The van der Waals surface area contributed by atoms with Crippen LogP contribution in [0.15, 0.2) is 18.3 Å². The number of rotatable bonds is 1. The molecule has 0 aliphatic rings. The van der Waals surface area contributed by atoms with Crippen LogP contribution >= 0.6 is 0 Å². The largest absolute Gasteiger partial charge is 0.346 e. The molecule has 0 amide bonds. The minimum Gasteiger partial charge on any atom is -0.346 e. The van der Waals surface area contributed by atoms with Gasteiger partial charge in [0.1, 0.15) is 5.65 Å². The Kier molecular flexibility index (Phi) is 2.53. The van der Waals surface area contributed by atoms with Crippen molar-refractivity contribution in [1.29, 1.82) is 0 Å². The molecular formula is C14H20N2. The van der Waals surface area contributed by atoms with Gasteiger partial charge in [-0.3, -0.25) is 0 Å². The zero-order chi connectivity index (χ0) is 11.9. The molecule has 1 N–H and O–H groups in total. The lowest BCUT2D eigenvalue weighted by Gasteiger charge is -2.21. The molecule has 0 saturated heterocycles. The van der Waals surface area contributed by atoms with Crippen molar-refractivity contribution in [2.75, 3.05) is 0 Å². The number of hydrogen-bond acceptors (Lipinski definition) is 1. The third-order valence-electron chi connectivity index (χ3n) is 2.95. The third kappa shape index (κ3) is 1.84. The molecule has 0 atom stereocenters. The lowest BCUT2D eigenvalue weighted by Crippen LogP contribution is -2.13. The molecular weight excluding hydrogens is 196 g/mol. The molecule has 16 heavy (non-hydrogen) atoms. The molecule has 2 rings (SSSR count). The Morgan fingerprint density at radius 3 is 2.50 bits per heavy atom. The quantitative estimate of drug-likeness (QED) is 0.767. The Morgan fingerprint density at radius 1 is 1.25 bits per heavy atom. The lowest BCUT2D eigenvalue weighted by atomic mass is 9.84. The molecule has 0 fully saturated rings. The van der Waals surface area contributed by atoms with Gasteiger partial charge in [-0.2, -0.15) is 0 Å². The van der Waals surface area contributed by atoms with Crippen molar-refractivity contribution in [1.82, 2.24) is 9.97 Å². The fourth-order valence-corrected chi connectivity index (χ4v) is 1.97. The Morgan fingerprint density at radius 2 is 1.94 bits per heavy atom. The minimum atomic E-state index is 0.160. The normalized spacial score (nSPS) is 12.6. The van der Waals surface area contributed by atoms with E-state index in [-0.39, 0.29) is 5.41 Å². The number of nitrogens with zero attached hydrogens (tertiary/aromatic N) is 1. The summed E-state index contributed by atoms with van der Waals surface area (Å²) in [5, 5.41) is 1.25. The maximum absolute atomic E-state index is 4.65. The van der Waals surface area contributed by atoms with Crippen molar-refractivity contribution < 1.29 is 0 Å². The second kappa shape index (κ2) is 3.62. The van der Waals surface area contributed by atoms with E-state index in [1.54, 1.807) is 0 Å². The zero-order valence-corrected chi connectivity index (χ0v) is 10.8. The maximum Gasteiger partial charge on any atom is 0.137 e. The van der Waals surface area contributed by atoms with Gasteiger partial charge in [-0.15, -0.1) is 0 Å². The number of hydrogen-bond donors (Lipinski definition) is 1. The van der Waals surface area contributed by atoms with Crippen LogP contribution in [0.1, 0.15) is 51.8 Å². The molecule has 86 valence electrons. The van der Waals surface area contributed by atoms with Crippen LogP contribution in [0.25, 0.3) is 11.0 Å². The lowest BCUT2D eigenvalue weighted by molar-refractivity contribution is 0.593. The number of pyridine rings is 1. The predicted molar refractivity (Wildman–Crippen MR) is 68.9 cm³/mol. The smallest absolute Gasteiger partial charge is 0.137 e. The summed E-state index contributed by atoms with van der Waals surface area (Å²) in [5.41, 5.74) is 3.71. The monoisotopic (exact) mass is 216 g/mol. The summed E-state index contributed by atoms with van der Waals surface area (Å²) in [6.07, 6.45) is 1.97. The highest BCUT2D eigenvalue weighted by molar-refractivity contribution is 5.80. The molecule has 0 radical (unpaired) electrons. The van der Waals surface area contributed by atoms with Gasteiger partial charge in [0, 0.05) is 17.3 Å². The van der Waals surface area contributed by atoms with E-state index < -0.39 is 0 Å². The number of aromatic nitrogens is 2. The maximum atomic E-state index is 4.65. The summed E-state index contributed by atoms with van der Waals surface area (Å²) in [4.78, 5) is 7.87. The average molecular weight is 216 g/mol. The van der Waals surface area contributed by atoms with E-state index in [2.05, 4.69) is 56.7 Å². The van der Waals surface area contributed by atoms with Gasteiger partial charge in [0.2, 0.25) is 0 Å². The Labute approximate surface area is 97.1 Å². The average Bonchev–Trinajstić information content (AvgIpc) is 2.61. The molecule has 0 unspecified atom stereocenters. The first-order chi connectivity index (χ1) is 7.39. The molecule has 0 aliphatic carbocycles. The number of H-pyrrole nitrogens is 1. The van der Waals surface area contributed by atoms with Gasteiger partial charge in [-0.1, -0.05) is 34.6 Å². The second-order valence-corrected chi connectivity index (χ2v) is 5.74. The molecule has 2 heteroatoms. The van der Waals surface area contributed by atoms with Crippen LogP contribution in [0.2, 0.25) is 0 Å². The number of nitrogens with one attached hydrogen (secondary N) is 1. The van der Waals surface area contributed by atoms with E-state index in [1.807, 2.05) is 6.20 Å². The Balaban J connectivity index is 2.74. The van der Waals surface area contributed by atoms with E-state index in [4.69, 9.17) is 0 Å². The van der Waals surface area contributed by atoms with Crippen molar-refractivity contribution in [3.63, 3.8) is 0 Å². The minimum absolute atomic E-state index is 0.160. The summed E-state index contributed by atoms with van der Waals surface area (Å²) in [5.74, 6) is 0.466. The van der Waals surface area contributed by atoms with Crippen molar-refractivity contribution in [2.24, 2.45) is 0 Å². The molecule has 0 aliphatic heterocycles. The highest BCUT2D eigenvalue weighted by Crippen LogP contribution is 2.31. The second-order valence-electron chi connectivity index (χ2n) is 5.74. The highest BCUT2D eigenvalue weighted by Gasteiger charge is 2.19. The van der Waals surface area contributed by atoms with Crippen LogP contribution < -0.4 is 0 Å². The zero-order valence-electron chi connectivity index (χ0n) is 10.8. The van der Waals surface area contributed by atoms with Gasteiger partial charge in [-0.25, -0.2) is 4.98 Å². The molecule has 2 heterocycles. The summed E-state index contributed by atoms with van der Waals surface area (Å²) in [6, 6.07) is 4.37. The standard InChI is InChI=1S/C14H20N2/c1-9(2)12-8-11(14(3,4)5)10-6-7-15-13(10)16-12/h6-9H,1-5H3,(H,15,16). The predicted octanol–water partition coefficient (Wildman–Crippen LogP) is 3.98. The van der Waals surface area contributed by atoms with E-state index >= 15 is 0 Å². The Hall–Kier alpha value is -1.31. The fraction of sp³-hybridized carbons (Fsp3) is 0.500. The van der Waals surface area contributed by atoms with Gasteiger partial charge < -0.3 is 4.98 Å². The Bertz CT molecular complexity index is 501. The summed E-state index contributed by atoms with van der Waals surface area (Å²) in [7, 11) is 0. The summed E-state index contributed by atoms with van der Waals surface area (Å²) < 4.78 is 0. The molecule has 0 saturated carbocycles. The van der Waals surface area contributed by atoms with Crippen molar-refractivity contribution in [3.05, 3.63) is 29.6 Å². The van der Waals surface area contributed by atoms with Crippen LogP contribution in [0, 0.1) is 0 Å². The number of aromatic amines is 1. The highest BCUT2D eigenvalue weighted by atomic mass is 14.9. The first kappa shape index (κ1) is 11.2. The summed E-state index contributed by atoms with van der Waals surface area (Å²) in [6.45, 7) is 11.1. The van der Waals surface area contributed by atoms with Gasteiger partial charge in [0.05, 0.1) is 0 Å². The van der Waals surface area contributed by atoms with E-state index in [0.29, 0.717) is 5.92 Å². The van der Waals surface area contributed by atoms with E-state index in [1.165, 1.54) is 16.6 Å². The first-order valence-electron chi connectivity index (χ1n) is 5.88. The van der Waals surface area contributed by atoms with E-state index in [9.17, 15) is 0 Å². The molecule has 0 spiro atoms. The first-order valence-corrected chi connectivity index (χ1v) is 5.88. The van der Waals surface area contributed by atoms with Crippen LogP contribution in [0.5, 0.6) is 0 Å². The van der Waals surface area contributed by atoms with Gasteiger partial charge in [0.25, 0.3) is 0 Å². The molecule has 0 aromatic carbocycles. The molecule has 2 aromatic heterocycles. The molecule has 2 nitrogen and oxygen atoms in total. The van der Waals surface area contributed by atoms with Crippen LogP contribution in [0.3, 0.4) is 0 Å². The summed E-state index contributed by atoms with van der Waals surface area (Å²) >= 11 is 0. The van der Waals surface area contributed by atoms with Gasteiger partial charge >= 0.3 is 0 Å². The molecule has 0 bridgehead atoms. The third-order valence-corrected chi connectivity index (χ3v) is 2.95. The van der Waals surface area contributed by atoms with Crippen LogP contribution in [0.4, 0.5) is 0 Å². The fourth-order valence-electron chi connectivity index (χ4n) is 1.97. The van der Waals surface area contributed by atoms with Crippen molar-refractivity contribution >= 4 is 11.0 Å². The van der Waals surface area contributed by atoms with Gasteiger partial charge in [0.15, 0.2) is 0 Å². The van der Waals surface area contributed by atoms with Crippen LogP contribution in [-0.4, -0.2) is 9.97 Å². The van der Waals surface area contributed by atoms with Gasteiger partial charge in [-0.05, 0) is 29.0 Å². The molecule has 2 aromatic rings. The van der Waals surface area contributed by atoms with Crippen LogP contribution in [-0.2, 0) is 5.41 Å². The number of fused-ring (bicyclic) bond motifs is 1. The topological polar surface area (TPSA) is 28.7 Å². The van der Waals surface area contributed by atoms with E-state index in [0.717, 1.165) is 5.65 Å².